The van der Waals surface area contributed by atoms with Crippen molar-refractivity contribution in [2.24, 2.45) is 0 Å². The van der Waals surface area contributed by atoms with Crippen LogP contribution in [0.15, 0.2) is 66.2 Å². The number of nitrogens with zero attached hydrogens (tertiary/aromatic N) is 1. The Bertz CT molecular complexity index is 1300. The van der Waals surface area contributed by atoms with Gasteiger partial charge in [-0.3, -0.25) is 9.59 Å². The number of nitrogens with one attached hydrogen (secondary N) is 2. The Balaban J connectivity index is 1.69. The monoisotopic (exact) mass is 469 g/mol. The number of aryl methyl sites for hydroxylation is 2. The van der Waals surface area contributed by atoms with Gasteiger partial charge in [-0.05, 0) is 73.9 Å². The van der Waals surface area contributed by atoms with Crippen LogP contribution in [0, 0.1) is 32.1 Å². The van der Waals surface area contributed by atoms with Gasteiger partial charge in [0.2, 0.25) is 0 Å². The Morgan fingerprint density at radius 2 is 1.71 bits per heavy atom. The predicted octanol–water partition coefficient (Wildman–Crippen LogP) is 5.18. The maximum absolute atomic E-state index is 12.7. The lowest BCUT2D eigenvalue weighted by Gasteiger charge is -2.12. The summed E-state index contributed by atoms with van der Waals surface area (Å²) >= 11 is 0. The number of benzene rings is 3. The first-order valence-corrected chi connectivity index (χ1v) is 11.0. The summed E-state index contributed by atoms with van der Waals surface area (Å²) in [5.41, 5.74) is 4.93. The standard InChI is InChI=1S/C28H27N3O4/c1-18-8-11-23(12-9-18)30-27(32)17-35-25-13-10-21(15-26(25)34-4)14-22(16-29)28(33)31-24-7-5-6-19(2)20(24)3/h5-15H,17H2,1-4H3,(H,30,32)(H,31,33)/b22-14+. The van der Waals surface area contributed by atoms with E-state index in [0.29, 0.717) is 28.4 Å². The van der Waals surface area contributed by atoms with Gasteiger partial charge >= 0.3 is 0 Å². The van der Waals surface area contributed by atoms with Crippen molar-refractivity contribution in [3.8, 4) is 17.6 Å². The molecule has 0 unspecified atom stereocenters. The lowest BCUT2D eigenvalue weighted by molar-refractivity contribution is -0.118. The van der Waals surface area contributed by atoms with Crippen LogP contribution in [0.2, 0.25) is 0 Å². The highest BCUT2D eigenvalue weighted by Crippen LogP contribution is 2.29. The number of methoxy groups -OCH3 is 1. The van der Waals surface area contributed by atoms with Crippen LogP contribution < -0.4 is 20.1 Å². The average molecular weight is 470 g/mol. The number of carbonyl (C=O) groups is 2. The Labute approximate surface area is 205 Å². The van der Waals surface area contributed by atoms with Gasteiger partial charge in [0, 0.05) is 11.4 Å². The van der Waals surface area contributed by atoms with Crippen LogP contribution in [0.3, 0.4) is 0 Å². The molecule has 0 spiro atoms. The quantitative estimate of drug-likeness (QED) is 0.350. The second-order valence-corrected chi connectivity index (χ2v) is 7.98. The first-order chi connectivity index (χ1) is 16.8. The molecule has 0 atom stereocenters. The second kappa shape index (κ2) is 11.5. The highest BCUT2D eigenvalue weighted by molar-refractivity contribution is 6.10. The summed E-state index contributed by atoms with van der Waals surface area (Å²) in [7, 11) is 1.47. The van der Waals surface area contributed by atoms with Gasteiger partial charge in [0.05, 0.1) is 7.11 Å². The fourth-order valence-electron chi connectivity index (χ4n) is 3.26. The molecule has 0 aliphatic heterocycles. The van der Waals surface area contributed by atoms with E-state index in [1.807, 2.05) is 63.2 Å². The third kappa shape index (κ3) is 6.71. The zero-order valence-electron chi connectivity index (χ0n) is 20.1. The van der Waals surface area contributed by atoms with E-state index < -0.39 is 5.91 Å². The fraction of sp³-hybridized carbons (Fsp3) is 0.179. The topological polar surface area (TPSA) is 100 Å². The van der Waals surface area contributed by atoms with E-state index in [0.717, 1.165) is 16.7 Å². The molecule has 0 heterocycles. The van der Waals surface area contributed by atoms with Gasteiger partial charge in [0.25, 0.3) is 11.8 Å². The van der Waals surface area contributed by atoms with Crippen LogP contribution in [-0.2, 0) is 9.59 Å². The molecule has 0 fully saturated rings. The third-order valence-electron chi connectivity index (χ3n) is 5.41. The molecular weight excluding hydrogens is 442 g/mol. The number of amides is 2. The van der Waals surface area contributed by atoms with Crippen molar-refractivity contribution in [2.75, 3.05) is 24.4 Å². The SMILES string of the molecule is COc1cc(/C=C(\C#N)C(=O)Nc2cccc(C)c2C)ccc1OCC(=O)Nc1ccc(C)cc1. The van der Waals surface area contributed by atoms with E-state index in [9.17, 15) is 14.9 Å². The molecule has 35 heavy (non-hydrogen) atoms. The van der Waals surface area contributed by atoms with Gasteiger partial charge in [-0.25, -0.2) is 0 Å². The van der Waals surface area contributed by atoms with E-state index in [-0.39, 0.29) is 18.1 Å². The zero-order chi connectivity index (χ0) is 25.4. The van der Waals surface area contributed by atoms with Gasteiger partial charge in [0.1, 0.15) is 11.6 Å². The van der Waals surface area contributed by atoms with Crippen molar-refractivity contribution < 1.29 is 19.1 Å². The van der Waals surface area contributed by atoms with Gasteiger partial charge < -0.3 is 20.1 Å². The van der Waals surface area contributed by atoms with Gasteiger partial charge in [-0.1, -0.05) is 35.9 Å². The summed E-state index contributed by atoms with van der Waals surface area (Å²) in [5.74, 6) is -0.0841. The number of rotatable bonds is 8. The molecule has 0 aromatic heterocycles. The molecule has 7 nitrogen and oxygen atoms in total. The van der Waals surface area contributed by atoms with Crippen LogP contribution in [0.5, 0.6) is 11.5 Å². The Morgan fingerprint density at radius 1 is 0.971 bits per heavy atom. The third-order valence-corrected chi connectivity index (χ3v) is 5.41. The van der Waals surface area contributed by atoms with Crippen LogP contribution in [0.1, 0.15) is 22.3 Å². The predicted molar refractivity (Wildman–Crippen MR) is 136 cm³/mol. The molecule has 0 aliphatic carbocycles. The molecule has 0 aliphatic rings. The summed E-state index contributed by atoms with van der Waals surface area (Å²) in [6.45, 7) is 5.62. The highest BCUT2D eigenvalue weighted by atomic mass is 16.5. The first-order valence-electron chi connectivity index (χ1n) is 11.0. The molecular formula is C28H27N3O4. The maximum atomic E-state index is 12.7. The number of anilines is 2. The lowest BCUT2D eigenvalue weighted by atomic mass is 10.1. The van der Waals surface area contributed by atoms with Crippen molar-refractivity contribution in [3.63, 3.8) is 0 Å². The molecule has 0 saturated carbocycles. The van der Waals surface area contributed by atoms with E-state index in [2.05, 4.69) is 10.6 Å². The molecule has 3 aromatic rings. The van der Waals surface area contributed by atoms with Crippen LogP contribution in [0.4, 0.5) is 11.4 Å². The summed E-state index contributed by atoms with van der Waals surface area (Å²) in [6, 6.07) is 19.9. The summed E-state index contributed by atoms with van der Waals surface area (Å²) in [4.78, 5) is 24.9. The average Bonchev–Trinajstić information content (AvgIpc) is 2.85. The molecule has 2 amide bonds. The van der Waals surface area contributed by atoms with Gasteiger partial charge in [0.15, 0.2) is 18.1 Å². The van der Waals surface area contributed by atoms with E-state index >= 15 is 0 Å². The minimum Gasteiger partial charge on any atom is -0.493 e. The molecule has 0 radical (unpaired) electrons. The summed E-state index contributed by atoms with van der Waals surface area (Å²) < 4.78 is 11.0. The van der Waals surface area contributed by atoms with Crippen molar-refractivity contribution in [3.05, 3.63) is 88.5 Å². The summed E-state index contributed by atoms with van der Waals surface area (Å²) in [6.07, 6.45) is 1.47. The molecule has 0 saturated heterocycles. The maximum Gasteiger partial charge on any atom is 0.266 e. The van der Waals surface area contributed by atoms with Crippen LogP contribution >= 0.6 is 0 Å². The number of hydrogen-bond acceptors (Lipinski definition) is 5. The van der Waals surface area contributed by atoms with Crippen molar-refractivity contribution in [2.45, 2.75) is 20.8 Å². The van der Waals surface area contributed by atoms with Crippen molar-refractivity contribution >= 4 is 29.3 Å². The number of hydrogen-bond donors (Lipinski definition) is 2. The number of carbonyl (C=O) groups excluding carboxylic acids is 2. The molecule has 178 valence electrons. The van der Waals surface area contributed by atoms with E-state index in [4.69, 9.17) is 9.47 Å². The lowest BCUT2D eigenvalue weighted by Crippen LogP contribution is -2.20. The van der Waals surface area contributed by atoms with Crippen LogP contribution in [-0.4, -0.2) is 25.5 Å². The number of nitriles is 1. The Kier molecular flexibility index (Phi) is 8.25. The Morgan fingerprint density at radius 3 is 2.40 bits per heavy atom. The largest absolute Gasteiger partial charge is 0.493 e. The minimum absolute atomic E-state index is 0.0564. The van der Waals surface area contributed by atoms with E-state index in [1.54, 1.807) is 24.3 Å². The number of ether oxygens (including phenoxy) is 2. The molecule has 3 rings (SSSR count). The minimum atomic E-state index is -0.506. The Hall–Kier alpha value is -4.57. The second-order valence-electron chi connectivity index (χ2n) is 7.98. The van der Waals surface area contributed by atoms with Gasteiger partial charge in [-0.2, -0.15) is 5.26 Å². The molecule has 2 N–H and O–H groups in total. The van der Waals surface area contributed by atoms with Crippen molar-refractivity contribution in [1.29, 1.82) is 5.26 Å². The normalized spacial score (nSPS) is 10.8. The highest BCUT2D eigenvalue weighted by Gasteiger charge is 2.13. The zero-order valence-corrected chi connectivity index (χ0v) is 20.1. The van der Waals surface area contributed by atoms with Crippen LogP contribution in [0.25, 0.3) is 6.08 Å². The molecule has 7 heteroatoms. The molecule has 3 aromatic carbocycles. The van der Waals surface area contributed by atoms with Crippen molar-refractivity contribution in [1.82, 2.24) is 0 Å². The summed E-state index contributed by atoms with van der Waals surface area (Å²) in [5, 5.41) is 15.1. The van der Waals surface area contributed by atoms with E-state index in [1.165, 1.54) is 13.2 Å². The van der Waals surface area contributed by atoms with Gasteiger partial charge in [-0.15, -0.1) is 0 Å². The fourth-order valence-corrected chi connectivity index (χ4v) is 3.26. The smallest absolute Gasteiger partial charge is 0.266 e. The molecule has 0 bridgehead atoms. The first kappa shape index (κ1) is 25.1.